The summed E-state index contributed by atoms with van der Waals surface area (Å²) in [6.07, 6.45) is -0.150. The molecule has 1 aromatic rings. The van der Waals surface area contributed by atoms with E-state index in [4.69, 9.17) is 5.73 Å². The number of carbonyl (C=O) groups is 1. The molecule has 0 fully saturated rings. The Hall–Kier alpha value is -1.88. The molecular formula is C13H18N2O3. The molecule has 0 aliphatic heterocycles. The molecule has 98 valence electrons. The monoisotopic (exact) mass is 250 g/mol. The van der Waals surface area contributed by atoms with Crippen LogP contribution < -0.4 is 5.73 Å². The van der Waals surface area contributed by atoms with Crippen LogP contribution in [0.3, 0.4) is 0 Å². The van der Waals surface area contributed by atoms with Gasteiger partial charge in [0.25, 0.3) is 0 Å². The fourth-order valence-corrected chi connectivity index (χ4v) is 1.29. The first kappa shape index (κ1) is 14.2. The van der Waals surface area contributed by atoms with E-state index in [9.17, 15) is 9.90 Å². The van der Waals surface area contributed by atoms with E-state index in [0.29, 0.717) is 5.56 Å². The summed E-state index contributed by atoms with van der Waals surface area (Å²) in [6, 6.07) is 8.45. The van der Waals surface area contributed by atoms with Crippen molar-refractivity contribution in [2.24, 2.45) is 16.8 Å². The standard InChI is InChI=1S/C13H18N2O3/c1-3-9(2)11(16)12(14)15-18-13(17)10-7-5-4-6-8-10/h4-9,11,16H,3H2,1-2H3,(H2,14,15). The molecule has 0 saturated heterocycles. The van der Waals surface area contributed by atoms with Gasteiger partial charge < -0.3 is 15.7 Å². The van der Waals surface area contributed by atoms with Crippen molar-refractivity contribution in [2.45, 2.75) is 26.4 Å². The van der Waals surface area contributed by atoms with Crippen LogP contribution >= 0.6 is 0 Å². The van der Waals surface area contributed by atoms with Gasteiger partial charge in [0, 0.05) is 0 Å². The lowest BCUT2D eigenvalue weighted by Gasteiger charge is -2.15. The maximum absolute atomic E-state index is 11.5. The fourth-order valence-electron chi connectivity index (χ4n) is 1.29. The van der Waals surface area contributed by atoms with Gasteiger partial charge in [-0.05, 0) is 18.1 Å². The lowest BCUT2D eigenvalue weighted by molar-refractivity contribution is 0.0506. The zero-order chi connectivity index (χ0) is 13.5. The Morgan fingerprint density at radius 1 is 1.44 bits per heavy atom. The maximum atomic E-state index is 11.5. The van der Waals surface area contributed by atoms with Crippen molar-refractivity contribution < 1.29 is 14.7 Å². The number of carbonyl (C=O) groups excluding carboxylic acids is 1. The first-order valence-electron chi connectivity index (χ1n) is 5.84. The van der Waals surface area contributed by atoms with Gasteiger partial charge in [-0.3, -0.25) is 0 Å². The summed E-state index contributed by atoms with van der Waals surface area (Å²) >= 11 is 0. The van der Waals surface area contributed by atoms with E-state index < -0.39 is 12.1 Å². The number of amidine groups is 1. The average Bonchev–Trinajstić information content (AvgIpc) is 2.43. The van der Waals surface area contributed by atoms with Crippen molar-refractivity contribution in [2.75, 3.05) is 0 Å². The van der Waals surface area contributed by atoms with Crippen LogP contribution in [0.5, 0.6) is 0 Å². The van der Waals surface area contributed by atoms with Gasteiger partial charge in [0.2, 0.25) is 0 Å². The molecule has 0 bridgehead atoms. The Morgan fingerprint density at radius 2 is 2.06 bits per heavy atom. The molecule has 1 aromatic carbocycles. The molecule has 5 heteroatoms. The van der Waals surface area contributed by atoms with Crippen molar-refractivity contribution in [3.05, 3.63) is 35.9 Å². The first-order valence-corrected chi connectivity index (χ1v) is 5.84. The number of nitrogens with zero attached hydrogens (tertiary/aromatic N) is 1. The molecule has 2 atom stereocenters. The van der Waals surface area contributed by atoms with E-state index >= 15 is 0 Å². The van der Waals surface area contributed by atoms with Crippen LogP contribution in [0.15, 0.2) is 35.5 Å². The molecule has 1 rings (SSSR count). The molecule has 0 radical (unpaired) electrons. The molecule has 2 unspecified atom stereocenters. The van der Waals surface area contributed by atoms with Crippen molar-refractivity contribution in [3.63, 3.8) is 0 Å². The van der Waals surface area contributed by atoms with E-state index in [1.807, 2.05) is 13.8 Å². The number of hydrogen-bond donors (Lipinski definition) is 2. The fraction of sp³-hybridized carbons (Fsp3) is 0.385. The van der Waals surface area contributed by atoms with Crippen LogP contribution in [-0.2, 0) is 4.84 Å². The van der Waals surface area contributed by atoms with E-state index in [1.165, 1.54) is 0 Å². The summed E-state index contributed by atoms with van der Waals surface area (Å²) in [5.41, 5.74) is 5.92. The molecule has 18 heavy (non-hydrogen) atoms. The topological polar surface area (TPSA) is 84.9 Å². The molecule has 0 spiro atoms. The van der Waals surface area contributed by atoms with Crippen LogP contribution in [-0.4, -0.2) is 23.0 Å². The van der Waals surface area contributed by atoms with E-state index in [2.05, 4.69) is 9.99 Å². The molecule has 0 saturated carbocycles. The number of aliphatic hydroxyl groups is 1. The number of benzene rings is 1. The molecule has 0 aromatic heterocycles. The molecule has 0 heterocycles. The molecule has 3 N–H and O–H groups in total. The average molecular weight is 250 g/mol. The summed E-state index contributed by atoms with van der Waals surface area (Å²) in [5.74, 6) is -0.729. The number of aliphatic hydroxyl groups excluding tert-OH is 1. The van der Waals surface area contributed by atoms with Gasteiger partial charge >= 0.3 is 5.97 Å². The zero-order valence-electron chi connectivity index (χ0n) is 10.5. The third kappa shape index (κ3) is 3.85. The van der Waals surface area contributed by atoms with E-state index in [1.54, 1.807) is 30.3 Å². The minimum Gasteiger partial charge on any atom is -0.385 e. The van der Waals surface area contributed by atoms with Crippen LogP contribution in [0, 0.1) is 5.92 Å². The number of rotatable bonds is 5. The molecule has 0 aliphatic rings. The van der Waals surface area contributed by atoms with Gasteiger partial charge in [-0.25, -0.2) is 4.79 Å². The third-order valence-electron chi connectivity index (χ3n) is 2.73. The highest BCUT2D eigenvalue weighted by Crippen LogP contribution is 2.08. The predicted molar refractivity (Wildman–Crippen MR) is 68.9 cm³/mol. The lowest BCUT2D eigenvalue weighted by atomic mass is 10.0. The van der Waals surface area contributed by atoms with Gasteiger partial charge in [-0.2, -0.15) is 0 Å². The minimum absolute atomic E-state index is 0.0378. The molecule has 5 nitrogen and oxygen atoms in total. The van der Waals surface area contributed by atoms with Gasteiger partial charge in [-0.15, -0.1) is 0 Å². The van der Waals surface area contributed by atoms with Crippen LogP contribution in [0.25, 0.3) is 0 Å². The minimum atomic E-state index is -0.904. The molecule has 0 aliphatic carbocycles. The normalized spacial score (nSPS) is 14.9. The number of hydrogen-bond acceptors (Lipinski definition) is 4. The molecular weight excluding hydrogens is 232 g/mol. The Morgan fingerprint density at radius 3 is 2.61 bits per heavy atom. The summed E-state index contributed by atoms with van der Waals surface area (Å²) in [6.45, 7) is 3.77. The van der Waals surface area contributed by atoms with Crippen molar-refractivity contribution in [1.29, 1.82) is 0 Å². The SMILES string of the molecule is CCC(C)C(O)/C(N)=N/OC(=O)c1ccccc1. The van der Waals surface area contributed by atoms with Gasteiger partial charge in [0.15, 0.2) is 5.84 Å². The van der Waals surface area contributed by atoms with Crippen LogP contribution in [0.4, 0.5) is 0 Å². The van der Waals surface area contributed by atoms with Gasteiger partial charge in [0.05, 0.1) is 5.56 Å². The second-order valence-corrected chi connectivity index (χ2v) is 4.09. The largest absolute Gasteiger partial charge is 0.385 e. The van der Waals surface area contributed by atoms with Crippen LogP contribution in [0.1, 0.15) is 30.6 Å². The van der Waals surface area contributed by atoms with Crippen molar-refractivity contribution in [3.8, 4) is 0 Å². The maximum Gasteiger partial charge on any atom is 0.365 e. The van der Waals surface area contributed by atoms with Gasteiger partial charge in [-0.1, -0.05) is 43.6 Å². The Labute approximate surface area is 106 Å². The number of oxime groups is 1. The Balaban J connectivity index is 2.61. The van der Waals surface area contributed by atoms with Crippen molar-refractivity contribution in [1.82, 2.24) is 0 Å². The smallest absolute Gasteiger partial charge is 0.365 e. The highest BCUT2D eigenvalue weighted by molar-refractivity contribution is 5.90. The van der Waals surface area contributed by atoms with E-state index in [0.717, 1.165) is 6.42 Å². The predicted octanol–water partition coefficient (Wildman–Crippen LogP) is 1.52. The molecule has 0 amide bonds. The summed E-state index contributed by atoms with van der Waals surface area (Å²) in [5, 5.41) is 13.2. The lowest BCUT2D eigenvalue weighted by Crippen LogP contribution is -2.34. The second kappa shape index (κ2) is 6.76. The first-order chi connectivity index (χ1) is 8.56. The van der Waals surface area contributed by atoms with Crippen LogP contribution in [0.2, 0.25) is 0 Å². The second-order valence-electron chi connectivity index (χ2n) is 4.09. The summed E-state index contributed by atoms with van der Waals surface area (Å²) in [4.78, 5) is 16.2. The third-order valence-corrected chi connectivity index (χ3v) is 2.73. The Kier molecular flexibility index (Phi) is 5.32. The summed E-state index contributed by atoms with van der Waals surface area (Å²) < 4.78 is 0. The number of nitrogens with two attached hydrogens (primary N) is 1. The Bertz CT molecular complexity index is 418. The zero-order valence-corrected chi connectivity index (χ0v) is 10.5. The van der Waals surface area contributed by atoms with Gasteiger partial charge in [0.1, 0.15) is 6.10 Å². The van der Waals surface area contributed by atoms with E-state index in [-0.39, 0.29) is 11.8 Å². The quantitative estimate of drug-likeness (QED) is 0.359. The summed E-state index contributed by atoms with van der Waals surface area (Å²) in [7, 11) is 0. The highest BCUT2D eigenvalue weighted by atomic mass is 16.7. The highest BCUT2D eigenvalue weighted by Gasteiger charge is 2.17. The van der Waals surface area contributed by atoms with Crippen molar-refractivity contribution >= 4 is 11.8 Å².